The molecule has 2 unspecified atom stereocenters. The van der Waals surface area contributed by atoms with Crippen LogP contribution in [0.1, 0.15) is 131 Å². The van der Waals surface area contributed by atoms with Crippen LogP contribution in [0.2, 0.25) is 0 Å². The summed E-state index contributed by atoms with van der Waals surface area (Å²) in [4.78, 5) is 0. The fraction of sp³-hybridized carbons (Fsp3) is 0.155. The molecule has 116 heavy (non-hydrogen) atoms. The van der Waals surface area contributed by atoms with Gasteiger partial charge < -0.3 is 0 Å². The Kier molecular flexibility index (Phi) is 18.0. The van der Waals surface area contributed by atoms with Crippen molar-refractivity contribution in [1.29, 1.82) is 0 Å². The second kappa shape index (κ2) is 29.9. The minimum atomic E-state index is 0.303. The largest absolute Gasteiger partial charge is 0.0842 e. The van der Waals surface area contributed by atoms with Crippen molar-refractivity contribution in [2.24, 2.45) is 11.8 Å². The Labute approximate surface area is 681 Å². The van der Waals surface area contributed by atoms with Gasteiger partial charge >= 0.3 is 0 Å². The van der Waals surface area contributed by atoms with Gasteiger partial charge in [0.1, 0.15) is 0 Å². The summed E-state index contributed by atoms with van der Waals surface area (Å²) >= 11 is 0. The Morgan fingerprint density at radius 3 is 0.940 bits per heavy atom. The highest BCUT2D eigenvalue weighted by atomic mass is 14.3. The number of fused-ring (bicyclic) bond motifs is 8. The zero-order chi connectivity index (χ0) is 76.6. The molecule has 0 saturated heterocycles. The smallest absolute Gasteiger partial charge is 0.00139 e. The van der Waals surface area contributed by atoms with Crippen LogP contribution >= 0.6 is 0 Å². The molecular formula is C116H92. The van der Waals surface area contributed by atoms with E-state index in [9.17, 15) is 0 Å². The summed E-state index contributed by atoms with van der Waals surface area (Å²) in [6.45, 7) is 0. The molecule has 13 aromatic carbocycles. The molecule has 0 aromatic heterocycles. The molecule has 0 fully saturated rings. The van der Waals surface area contributed by atoms with Gasteiger partial charge in [0.05, 0.1) is 0 Å². The van der Waals surface area contributed by atoms with Gasteiger partial charge in [-0.15, -0.1) is 0 Å². The van der Waals surface area contributed by atoms with Crippen LogP contribution in [0.15, 0.2) is 350 Å². The van der Waals surface area contributed by atoms with E-state index in [1.807, 2.05) is 0 Å². The third kappa shape index (κ3) is 12.2. The van der Waals surface area contributed by atoms with Gasteiger partial charge in [-0.25, -0.2) is 0 Å². The zero-order valence-electron chi connectivity index (χ0n) is 66.0. The van der Waals surface area contributed by atoms with Crippen molar-refractivity contribution in [2.45, 2.75) is 103 Å². The molecular weight excluding hydrogens is 1390 g/mol. The van der Waals surface area contributed by atoms with Gasteiger partial charge in [-0.3, -0.25) is 0 Å². The second-order valence-electron chi connectivity index (χ2n) is 33.4. The fourth-order valence-corrected chi connectivity index (χ4v) is 21.6. The van der Waals surface area contributed by atoms with Crippen LogP contribution in [-0.4, -0.2) is 0 Å². The van der Waals surface area contributed by atoms with Gasteiger partial charge in [-0.2, -0.15) is 0 Å². The lowest BCUT2D eigenvalue weighted by molar-refractivity contribution is 0.544. The standard InChI is InChI=1S/C116H92/c1-7-31-75(32-8-1)77-55-59-79(60-56-77)89-43-19-20-44-90(89)113-93-47-23-27-51-97(93)115(98-52-28-24-48-94(98)113)116-99-53-29-25-49-95(99)114(96-50-26-30-54-100(96)116)101-67-63-85(71-105(101)80-61-57-78(58-62-80)76-33-9-2-10-34-76)86-65-69-103-107(72-86)111(83-39-15-5-16-40-83)104-70-66-88(74-108(104)112(103)84-41-17-6-18-42-84)87-64-68-102-106(73-87)110(82-37-13-4-14-38-82)92-46-22-21-45-91(92)109(102)81-35-11-3-12-36-81/h1-7,9,11,13,15,17-31,33,35,37,39,41-55,57,59,61,63,65,67-74,87-88H,8,10,12,14,16,32,34,36,38,40,56,58,60,62,64,66H2. The molecule has 9 aliphatic rings. The maximum Gasteiger partial charge on any atom is -0.00139 e. The average Bonchev–Trinajstić information content (AvgIpc) is 0.713. The monoisotopic (exact) mass is 1480 g/mol. The molecule has 0 saturated carbocycles. The van der Waals surface area contributed by atoms with E-state index in [1.165, 1.54) is 219 Å². The number of rotatable bonds is 13. The zero-order valence-corrected chi connectivity index (χ0v) is 66.0. The van der Waals surface area contributed by atoms with Crippen molar-refractivity contribution in [3.63, 3.8) is 0 Å². The van der Waals surface area contributed by atoms with Crippen molar-refractivity contribution in [2.75, 3.05) is 0 Å². The second-order valence-corrected chi connectivity index (χ2v) is 33.4. The van der Waals surface area contributed by atoms with Gasteiger partial charge in [-0.05, 0) is 346 Å². The first-order valence-corrected chi connectivity index (χ1v) is 43.0. The van der Waals surface area contributed by atoms with E-state index in [2.05, 4.69) is 352 Å². The highest BCUT2D eigenvalue weighted by molar-refractivity contribution is 6.30. The van der Waals surface area contributed by atoms with E-state index < -0.39 is 0 Å². The Hall–Kier alpha value is -12.7. The first-order valence-electron chi connectivity index (χ1n) is 43.0. The summed E-state index contributed by atoms with van der Waals surface area (Å²) in [7, 11) is 0. The van der Waals surface area contributed by atoms with Crippen LogP contribution in [0.5, 0.6) is 0 Å². The molecule has 0 spiro atoms. The van der Waals surface area contributed by atoms with Crippen molar-refractivity contribution in [3.05, 3.63) is 399 Å². The van der Waals surface area contributed by atoms with Crippen molar-refractivity contribution < 1.29 is 0 Å². The number of hydrogen-bond acceptors (Lipinski definition) is 0. The predicted molar refractivity (Wildman–Crippen MR) is 500 cm³/mol. The van der Waals surface area contributed by atoms with Crippen molar-refractivity contribution in [1.82, 2.24) is 0 Å². The molecule has 0 aliphatic heterocycles. The van der Waals surface area contributed by atoms with E-state index in [0.717, 1.165) is 103 Å². The van der Waals surface area contributed by atoms with Crippen molar-refractivity contribution in [3.8, 4) is 55.6 Å². The lowest BCUT2D eigenvalue weighted by Crippen LogP contribution is -2.39. The molecule has 0 heteroatoms. The van der Waals surface area contributed by atoms with Gasteiger partial charge in [0, 0.05) is 0 Å². The quantitative estimate of drug-likeness (QED) is 0.101. The normalized spacial score (nSPS) is 18.4. The van der Waals surface area contributed by atoms with Gasteiger partial charge in [-0.1, -0.05) is 340 Å². The molecule has 556 valence electrons. The molecule has 2 atom stereocenters. The van der Waals surface area contributed by atoms with E-state index in [4.69, 9.17) is 0 Å². The van der Waals surface area contributed by atoms with Crippen LogP contribution < -0.4 is 20.9 Å². The molecule has 0 heterocycles. The van der Waals surface area contributed by atoms with Crippen LogP contribution in [0.25, 0.3) is 172 Å². The Bertz CT molecular complexity index is 7040. The van der Waals surface area contributed by atoms with Crippen LogP contribution in [0.3, 0.4) is 0 Å². The summed E-state index contributed by atoms with van der Waals surface area (Å²) in [5, 5.41) is 21.2. The lowest BCUT2D eigenvalue weighted by atomic mass is 9.75. The summed E-state index contributed by atoms with van der Waals surface area (Å²) < 4.78 is 0. The van der Waals surface area contributed by atoms with Gasteiger partial charge in [0.15, 0.2) is 0 Å². The maximum absolute atomic E-state index is 2.74. The first-order chi connectivity index (χ1) is 57.6. The SMILES string of the molecule is C1=CCCC(C2=CC=C(c3ccccc3-c3c4ccccc4c(-c4c5ccccc5c(-c5ccc(-c6ccc7c(-c8ccccc8)c8c(c(C9=CC=CCC9)c7c6)=CCC(C6C=c7c(C9=CC=CCC9)c9ccccc9c(C9=CC=CCC9)c7=CC6)C=8)cc5C5=CC=C(C6=CC=CCC6)CC5)c5ccccc45)c4ccccc34)CC2)=C1. The molecule has 9 aliphatic carbocycles. The van der Waals surface area contributed by atoms with Crippen molar-refractivity contribution >= 4 is 117 Å². The predicted octanol–water partition coefficient (Wildman–Crippen LogP) is 28.8. The van der Waals surface area contributed by atoms with E-state index >= 15 is 0 Å². The summed E-state index contributed by atoms with van der Waals surface area (Å²) in [5.74, 6) is 0.624. The average molecular weight is 1490 g/mol. The third-order valence-corrected chi connectivity index (χ3v) is 27.0. The highest BCUT2D eigenvalue weighted by Gasteiger charge is 2.31. The van der Waals surface area contributed by atoms with Crippen LogP contribution in [0, 0.1) is 11.8 Å². The Balaban J connectivity index is 0.721. The van der Waals surface area contributed by atoms with Crippen LogP contribution in [-0.2, 0) is 0 Å². The molecule has 0 nitrogen and oxygen atoms in total. The molecule has 0 radical (unpaired) electrons. The number of hydrogen-bond donors (Lipinski definition) is 0. The summed E-state index contributed by atoms with van der Waals surface area (Å²) in [6.07, 6.45) is 72.3. The van der Waals surface area contributed by atoms with E-state index in [-0.39, 0.29) is 0 Å². The van der Waals surface area contributed by atoms with E-state index in [0.29, 0.717) is 11.8 Å². The molecule has 0 bridgehead atoms. The fourth-order valence-electron chi connectivity index (χ4n) is 21.6. The topological polar surface area (TPSA) is 0 Å². The Morgan fingerprint density at radius 2 is 0.509 bits per heavy atom. The third-order valence-electron chi connectivity index (χ3n) is 27.0. The molecule has 0 amide bonds. The first kappa shape index (κ1) is 69.9. The van der Waals surface area contributed by atoms with E-state index in [1.54, 1.807) is 0 Å². The highest BCUT2D eigenvalue weighted by Crippen LogP contribution is 2.53. The minimum absolute atomic E-state index is 0.303. The Morgan fingerprint density at radius 1 is 0.190 bits per heavy atom. The minimum Gasteiger partial charge on any atom is -0.0842 e. The molecule has 22 rings (SSSR count). The van der Waals surface area contributed by atoms with Gasteiger partial charge in [0.2, 0.25) is 0 Å². The molecule has 0 N–H and O–H groups in total. The summed E-state index contributed by atoms with van der Waals surface area (Å²) in [6, 6.07) is 82.5. The lowest BCUT2D eigenvalue weighted by Gasteiger charge is -2.28. The van der Waals surface area contributed by atoms with Gasteiger partial charge in [0.25, 0.3) is 0 Å². The maximum atomic E-state index is 2.74. The molecule has 13 aromatic rings. The number of allylic oxidation sites excluding steroid dienone is 28. The van der Waals surface area contributed by atoms with Crippen LogP contribution in [0.4, 0.5) is 0 Å². The number of benzene rings is 13. The summed E-state index contributed by atoms with van der Waals surface area (Å²) in [5.41, 5.74) is 32.7.